The Bertz CT molecular complexity index is 2130. The quantitative estimate of drug-likeness (QED) is 0.133. The summed E-state index contributed by atoms with van der Waals surface area (Å²) in [7, 11) is 4.51. The molecule has 1 saturated heterocycles. The third-order valence-corrected chi connectivity index (χ3v) is 11.4. The van der Waals surface area contributed by atoms with Crippen molar-refractivity contribution >= 4 is 5.78 Å². The van der Waals surface area contributed by atoms with E-state index in [0.29, 0.717) is 35.3 Å². The standard InChI is InChI=1S/C43H46O10/c1-23-8-12-28(21-35(23)50-6)43(41(3,4)48)40(47)42(39(53-43)27-11-15-34(49-5)33(46)19-27)17-16-29-30(22-42)38(26-10-14-32(45)36(20-26)51-7)52-37(29)25-9-13-31(44)24(2)18-25/h8-15,18-21,37-39,44-46,48H,16-17,22H2,1-7H3/t37-,38+,39-,42+,43?/m0/s1. The second-order valence-corrected chi connectivity index (χ2v) is 14.9. The highest BCUT2D eigenvalue weighted by Crippen LogP contribution is 2.67. The SMILES string of the molecule is COc1cc(C2(C(C)(C)O)O[C@@H](c3ccc(OC)c(O)c3)[C@]3(CCC4=C(C3)[C@@H](c3ccc(O)c(OC)c3)O[C@H]4c3ccc(O)c(C)c3)C2=O)ccc1C. The van der Waals surface area contributed by atoms with Gasteiger partial charge >= 0.3 is 0 Å². The molecule has 0 radical (unpaired) electrons. The van der Waals surface area contributed by atoms with E-state index in [2.05, 4.69) is 0 Å². The Morgan fingerprint density at radius 2 is 1.34 bits per heavy atom. The molecular weight excluding hydrogens is 676 g/mol. The molecule has 1 fully saturated rings. The van der Waals surface area contributed by atoms with Gasteiger partial charge in [-0.25, -0.2) is 0 Å². The van der Waals surface area contributed by atoms with E-state index < -0.39 is 34.9 Å². The summed E-state index contributed by atoms with van der Waals surface area (Å²) in [5.41, 5.74) is 1.27. The molecule has 10 nitrogen and oxygen atoms in total. The van der Waals surface area contributed by atoms with Gasteiger partial charge in [-0.2, -0.15) is 0 Å². The fourth-order valence-electron chi connectivity index (χ4n) is 8.68. The van der Waals surface area contributed by atoms with E-state index in [-0.39, 0.29) is 41.0 Å². The monoisotopic (exact) mass is 722 g/mol. The number of hydrogen-bond donors (Lipinski definition) is 4. The molecule has 0 aromatic heterocycles. The van der Waals surface area contributed by atoms with E-state index in [1.807, 2.05) is 32.0 Å². The van der Waals surface area contributed by atoms with Crippen molar-refractivity contribution in [1.82, 2.24) is 0 Å². The van der Waals surface area contributed by atoms with Crippen LogP contribution in [-0.2, 0) is 19.9 Å². The van der Waals surface area contributed by atoms with Gasteiger partial charge in [0.25, 0.3) is 0 Å². The molecule has 7 rings (SSSR count). The van der Waals surface area contributed by atoms with Gasteiger partial charge in [-0.3, -0.25) is 4.79 Å². The molecule has 2 heterocycles. The van der Waals surface area contributed by atoms with Gasteiger partial charge in [0.1, 0.15) is 23.7 Å². The number of aromatic hydroxyl groups is 3. The van der Waals surface area contributed by atoms with Crippen molar-refractivity contribution in [3.05, 3.63) is 117 Å². The molecule has 0 amide bonds. The van der Waals surface area contributed by atoms with Crippen molar-refractivity contribution < 1.29 is 48.9 Å². The Kier molecular flexibility index (Phi) is 9.00. The van der Waals surface area contributed by atoms with Crippen LogP contribution >= 0.6 is 0 Å². The fraction of sp³-hybridized carbons (Fsp3) is 0.372. The highest BCUT2D eigenvalue weighted by molar-refractivity contribution is 5.98. The molecule has 4 aromatic carbocycles. The van der Waals surface area contributed by atoms with Gasteiger partial charge in [0.2, 0.25) is 0 Å². The van der Waals surface area contributed by atoms with Crippen molar-refractivity contribution in [2.45, 2.75) is 76.5 Å². The summed E-state index contributed by atoms with van der Waals surface area (Å²) >= 11 is 0. The van der Waals surface area contributed by atoms with Crippen LogP contribution < -0.4 is 14.2 Å². The smallest absolute Gasteiger partial charge is 0.181 e. The number of methoxy groups -OCH3 is 3. The number of phenolic OH excluding ortho intramolecular Hbond substituents is 3. The van der Waals surface area contributed by atoms with E-state index in [9.17, 15) is 20.4 Å². The third-order valence-electron chi connectivity index (χ3n) is 11.4. The van der Waals surface area contributed by atoms with Crippen LogP contribution in [-0.4, -0.2) is 53.1 Å². The predicted octanol–water partition coefficient (Wildman–Crippen LogP) is 7.73. The number of ketones is 1. The van der Waals surface area contributed by atoms with Crippen LogP contribution in [0.2, 0.25) is 0 Å². The normalized spacial score (nSPS) is 25.5. The first-order valence-electron chi connectivity index (χ1n) is 17.7. The summed E-state index contributed by atoms with van der Waals surface area (Å²) in [4.78, 5) is 15.8. The summed E-state index contributed by atoms with van der Waals surface area (Å²) in [6.07, 6.45) is -1.01. The lowest BCUT2D eigenvalue weighted by Crippen LogP contribution is -2.54. The van der Waals surface area contributed by atoms with Crippen molar-refractivity contribution in [2.75, 3.05) is 21.3 Å². The number of aliphatic hydroxyl groups is 1. The average molecular weight is 723 g/mol. The van der Waals surface area contributed by atoms with Gasteiger partial charge in [-0.15, -0.1) is 0 Å². The molecule has 1 unspecified atom stereocenters. The number of aryl methyl sites for hydroxylation is 2. The molecule has 2 aliphatic heterocycles. The van der Waals surface area contributed by atoms with Crippen molar-refractivity contribution in [3.63, 3.8) is 0 Å². The van der Waals surface area contributed by atoms with Crippen molar-refractivity contribution in [1.29, 1.82) is 0 Å². The number of hydrogen-bond acceptors (Lipinski definition) is 10. The Hall–Kier alpha value is -5.03. The van der Waals surface area contributed by atoms with Gasteiger partial charge in [0.05, 0.1) is 38.4 Å². The third kappa shape index (κ3) is 5.62. The molecule has 0 saturated carbocycles. The number of ether oxygens (including phenoxy) is 5. The van der Waals surface area contributed by atoms with Gasteiger partial charge < -0.3 is 44.1 Å². The molecule has 1 spiro atoms. The molecule has 278 valence electrons. The number of rotatable bonds is 8. The topological polar surface area (TPSA) is 144 Å². The van der Waals surface area contributed by atoms with Gasteiger partial charge in [-0.05, 0) is 134 Å². The van der Waals surface area contributed by atoms with Gasteiger partial charge in [-0.1, -0.05) is 30.3 Å². The molecule has 4 N–H and O–H groups in total. The molecular formula is C43H46O10. The van der Waals surface area contributed by atoms with E-state index in [4.69, 9.17) is 23.7 Å². The first kappa shape index (κ1) is 36.3. The number of carbonyl (C=O) groups excluding carboxylic acids is 1. The lowest BCUT2D eigenvalue weighted by Gasteiger charge is -2.40. The van der Waals surface area contributed by atoms with Crippen LogP contribution in [0.1, 0.15) is 84.8 Å². The summed E-state index contributed by atoms with van der Waals surface area (Å²) in [5.74, 6) is 0.870. The summed E-state index contributed by atoms with van der Waals surface area (Å²) in [6, 6.07) is 20.9. The Labute approximate surface area is 309 Å². The zero-order chi connectivity index (χ0) is 38.0. The first-order valence-corrected chi connectivity index (χ1v) is 17.7. The van der Waals surface area contributed by atoms with Crippen LogP contribution in [0.3, 0.4) is 0 Å². The zero-order valence-corrected chi connectivity index (χ0v) is 31.0. The van der Waals surface area contributed by atoms with Crippen LogP contribution in [0.4, 0.5) is 0 Å². The second kappa shape index (κ2) is 13.1. The van der Waals surface area contributed by atoms with E-state index in [1.165, 1.54) is 14.2 Å². The minimum absolute atomic E-state index is 0.0171. The van der Waals surface area contributed by atoms with Crippen molar-refractivity contribution in [2.24, 2.45) is 5.41 Å². The molecule has 10 heteroatoms. The van der Waals surface area contributed by atoms with Crippen LogP contribution in [0.25, 0.3) is 0 Å². The maximum atomic E-state index is 15.8. The van der Waals surface area contributed by atoms with Gasteiger partial charge in [0.15, 0.2) is 34.4 Å². The van der Waals surface area contributed by atoms with Crippen molar-refractivity contribution in [3.8, 4) is 34.5 Å². The highest BCUT2D eigenvalue weighted by Gasteiger charge is 2.70. The molecule has 53 heavy (non-hydrogen) atoms. The predicted molar refractivity (Wildman–Crippen MR) is 197 cm³/mol. The molecule has 3 aliphatic rings. The molecule has 1 aliphatic carbocycles. The highest BCUT2D eigenvalue weighted by atomic mass is 16.5. The maximum Gasteiger partial charge on any atom is 0.181 e. The number of carbonyl (C=O) groups is 1. The Morgan fingerprint density at radius 1 is 0.698 bits per heavy atom. The molecule has 4 aromatic rings. The Morgan fingerprint density at radius 3 is 1.98 bits per heavy atom. The minimum Gasteiger partial charge on any atom is -0.508 e. The zero-order valence-electron chi connectivity index (χ0n) is 31.0. The summed E-state index contributed by atoms with van der Waals surface area (Å²) in [6.45, 7) is 6.90. The largest absolute Gasteiger partial charge is 0.508 e. The van der Waals surface area contributed by atoms with Crippen LogP contribution in [0, 0.1) is 19.3 Å². The average Bonchev–Trinajstić information content (AvgIpc) is 3.63. The van der Waals surface area contributed by atoms with Crippen LogP contribution in [0.5, 0.6) is 34.5 Å². The second-order valence-electron chi connectivity index (χ2n) is 14.9. The lowest BCUT2D eigenvalue weighted by molar-refractivity contribution is -0.177. The lowest BCUT2D eigenvalue weighted by atomic mass is 9.60. The van der Waals surface area contributed by atoms with Gasteiger partial charge in [0, 0.05) is 0 Å². The number of benzene rings is 4. The maximum absolute atomic E-state index is 15.8. The number of Topliss-reactive ketones (excluding diaryl/α,β-unsaturated/α-hetero) is 1. The van der Waals surface area contributed by atoms with E-state index >= 15 is 4.79 Å². The molecule has 0 bridgehead atoms. The Balaban J connectivity index is 1.45. The van der Waals surface area contributed by atoms with E-state index in [1.54, 1.807) is 75.6 Å². The van der Waals surface area contributed by atoms with Crippen LogP contribution in [0.15, 0.2) is 83.9 Å². The molecule has 5 atom stereocenters. The minimum atomic E-state index is -1.84. The van der Waals surface area contributed by atoms with E-state index in [0.717, 1.165) is 27.8 Å². The number of phenols is 3. The summed E-state index contributed by atoms with van der Waals surface area (Å²) in [5, 5.41) is 44.0. The summed E-state index contributed by atoms with van der Waals surface area (Å²) < 4.78 is 30.5. The fourth-order valence-corrected chi connectivity index (χ4v) is 8.68. The first-order chi connectivity index (χ1) is 25.2.